The van der Waals surface area contributed by atoms with Gasteiger partial charge in [0.05, 0.1) is 10.0 Å². The van der Waals surface area contributed by atoms with E-state index in [-0.39, 0.29) is 23.0 Å². The van der Waals surface area contributed by atoms with Crippen LogP contribution in [0.5, 0.6) is 0 Å². The van der Waals surface area contributed by atoms with Gasteiger partial charge in [-0.25, -0.2) is 0 Å². The number of carbonyl (C=O) groups excluding carboxylic acids is 1. The minimum Gasteiger partial charge on any atom is -0.349 e. The molecule has 2 N–H and O–H groups in total. The lowest BCUT2D eigenvalue weighted by Crippen LogP contribution is -2.62. The minimum absolute atomic E-state index is 0.00264. The number of nitrogens with one attached hydrogen (secondary N) is 2. The van der Waals surface area contributed by atoms with Gasteiger partial charge in [-0.05, 0) is 58.7 Å². The van der Waals surface area contributed by atoms with Crippen LogP contribution in [0.15, 0.2) is 18.2 Å². The molecule has 0 aliphatic carbocycles. The second-order valence-electron chi connectivity index (χ2n) is 7.10. The van der Waals surface area contributed by atoms with Crippen molar-refractivity contribution in [1.29, 1.82) is 0 Å². The van der Waals surface area contributed by atoms with Gasteiger partial charge in [-0.1, -0.05) is 23.2 Å². The molecule has 0 spiro atoms. The zero-order chi connectivity index (χ0) is 15.8. The summed E-state index contributed by atoms with van der Waals surface area (Å²) in [5.74, 6) is -0.105. The average Bonchev–Trinajstić information content (AvgIpc) is 2.28. The van der Waals surface area contributed by atoms with Gasteiger partial charge in [0, 0.05) is 22.7 Å². The van der Waals surface area contributed by atoms with E-state index >= 15 is 0 Å². The van der Waals surface area contributed by atoms with E-state index in [0.717, 1.165) is 12.8 Å². The lowest BCUT2D eigenvalue weighted by atomic mass is 9.79. The average molecular weight is 329 g/mol. The van der Waals surface area contributed by atoms with Crippen molar-refractivity contribution in [2.75, 3.05) is 0 Å². The standard InChI is InChI=1S/C16H22Cl2N2O/c1-15(2)8-11(9-16(3,4)20-15)19-14(21)10-5-6-12(17)13(18)7-10/h5-7,11,20H,8-9H2,1-4H3,(H,19,21). The first kappa shape index (κ1) is 16.6. The van der Waals surface area contributed by atoms with Crippen LogP contribution in [0.3, 0.4) is 0 Å². The molecule has 0 radical (unpaired) electrons. The lowest BCUT2D eigenvalue weighted by molar-refractivity contribution is 0.0873. The van der Waals surface area contributed by atoms with Crippen LogP contribution in [0.1, 0.15) is 50.9 Å². The van der Waals surface area contributed by atoms with Crippen LogP contribution >= 0.6 is 23.2 Å². The Labute approximate surface area is 136 Å². The Kier molecular flexibility index (Phi) is 4.57. The zero-order valence-corrected chi connectivity index (χ0v) is 14.4. The second kappa shape index (κ2) is 5.79. The highest BCUT2D eigenvalue weighted by atomic mass is 35.5. The van der Waals surface area contributed by atoms with E-state index in [1.54, 1.807) is 18.2 Å². The van der Waals surface area contributed by atoms with E-state index in [0.29, 0.717) is 15.6 Å². The molecule has 1 heterocycles. The molecule has 0 atom stereocenters. The Bertz CT molecular complexity index is 539. The van der Waals surface area contributed by atoms with E-state index in [1.807, 2.05) is 0 Å². The van der Waals surface area contributed by atoms with Gasteiger partial charge in [0.25, 0.3) is 5.91 Å². The van der Waals surface area contributed by atoms with Crippen LogP contribution in [-0.4, -0.2) is 23.0 Å². The van der Waals surface area contributed by atoms with Crippen molar-refractivity contribution < 1.29 is 4.79 Å². The highest BCUT2D eigenvalue weighted by Gasteiger charge is 2.38. The summed E-state index contributed by atoms with van der Waals surface area (Å²) >= 11 is 11.8. The van der Waals surface area contributed by atoms with Crippen molar-refractivity contribution in [3.05, 3.63) is 33.8 Å². The van der Waals surface area contributed by atoms with Gasteiger partial charge in [0.2, 0.25) is 0 Å². The van der Waals surface area contributed by atoms with E-state index in [2.05, 4.69) is 38.3 Å². The molecule has 1 aromatic carbocycles. The zero-order valence-electron chi connectivity index (χ0n) is 12.9. The molecule has 1 aromatic rings. The number of carbonyl (C=O) groups is 1. The Morgan fingerprint density at radius 3 is 2.24 bits per heavy atom. The number of hydrogen-bond donors (Lipinski definition) is 2. The Balaban J connectivity index is 2.10. The third-order valence-corrected chi connectivity index (χ3v) is 4.45. The molecule has 1 saturated heterocycles. The van der Waals surface area contributed by atoms with E-state index in [1.165, 1.54) is 0 Å². The molecule has 0 bridgehead atoms. The molecule has 116 valence electrons. The SMILES string of the molecule is CC1(C)CC(NC(=O)c2ccc(Cl)c(Cl)c2)CC(C)(C)N1. The Morgan fingerprint density at radius 1 is 1.14 bits per heavy atom. The molecule has 21 heavy (non-hydrogen) atoms. The number of rotatable bonds is 2. The quantitative estimate of drug-likeness (QED) is 0.860. The number of piperidine rings is 1. The molecular weight excluding hydrogens is 307 g/mol. The molecule has 0 saturated carbocycles. The van der Waals surface area contributed by atoms with Crippen molar-refractivity contribution in [3.63, 3.8) is 0 Å². The topological polar surface area (TPSA) is 41.1 Å². The summed E-state index contributed by atoms with van der Waals surface area (Å²) in [6, 6.07) is 5.09. The smallest absolute Gasteiger partial charge is 0.251 e. The minimum atomic E-state index is -0.105. The second-order valence-corrected chi connectivity index (χ2v) is 7.91. The summed E-state index contributed by atoms with van der Waals surface area (Å²) in [4.78, 5) is 12.4. The third-order valence-electron chi connectivity index (χ3n) is 3.71. The number of halogens is 2. The fourth-order valence-electron chi connectivity index (χ4n) is 3.33. The summed E-state index contributed by atoms with van der Waals surface area (Å²) in [7, 11) is 0. The maximum absolute atomic E-state index is 12.4. The first-order chi connectivity index (χ1) is 9.58. The summed E-state index contributed by atoms with van der Waals surface area (Å²) in [6.45, 7) is 8.64. The van der Waals surface area contributed by atoms with E-state index < -0.39 is 0 Å². The molecule has 1 aliphatic heterocycles. The van der Waals surface area contributed by atoms with Crippen LogP contribution in [0.4, 0.5) is 0 Å². The van der Waals surface area contributed by atoms with Crippen molar-refractivity contribution in [2.24, 2.45) is 0 Å². The van der Waals surface area contributed by atoms with Gasteiger partial charge in [-0.2, -0.15) is 0 Å². The van der Waals surface area contributed by atoms with E-state index in [4.69, 9.17) is 23.2 Å². The van der Waals surface area contributed by atoms with Crippen molar-refractivity contribution in [3.8, 4) is 0 Å². The summed E-state index contributed by atoms with van der Waals surface area (Å²) < 4.78 is 0. The molecule has 1 fully saturated rings. The first-order valence-corrected chi connectivity index (χ1v) is 7.89. The van der Waals surface area contributed by atoms with Crippen molar-refractivity contribution >= 4 is 29.1 Å². The Morgan fingerprint density at radius 2 is 1.71 bits per heavy atom. The predicted molar refractivity (Wildman–Crippen MR) is 88.2 cm³/mol. The monoisotopic (exact) mass is 328 g/mol. The molecular formula is C16H22Cl2N2O. The van der Waals surface area contributed by atoms with Crippen molar-refractivity contribution in [2.45, 2.75) is 57.7 Å². The van der Waals surface area contributed by atoms with Gasteiger partial charge in [0.15, 0.2) is 0 Å². The lowest BCUT2D eigenvalue weighted by Gasteiger charge is -2.46. The van der Waals surface area contributed by atoms with Gasteiger partial charge < -0.3 is 10.6 Å². The first-order valence-electron chi connectivity index (χ1n) is 7.13. The van der Waals surface area contributed by atoms with Crippen LogP contribution < -0.4 is 10.6 Å². The van der Waals surface area contributed by atoms with Gasteiger partial charge in [-0.3, -0.25) is 4.79 Å². The fourth-order valence-corrected chi connectivity index (χ4v) is 3.63. The molecule has 0 unspecified atom stereocenters. The normalized spacial score (nSPS) is 21.0. The highest BCUT2D eigenvalue weighted by Crippen LogP contribution is 2.29. The van der Waals surface area contributed by atoms with Gasteiger partial charge in [0.1, 0.15) is 0 Å². The van der Waals surface area contributed by atoms with Crippen LogP contribution in [-0.2, 0) is 0 Å². The summed E-state index contributed by atoms with van der Waals surface area (Å²) in [5.41, 5.74) is 0.535. The van der Waals surface area contributed by atoms with Crippen LogP contribution in [0, 0.1) is 0 Å². The van der Waals surface area contributed by atoms with Crippen LogP contribution in [0.2, 0.25) is 10.0 Å². The predicted octanol–water partition coefficient (Wildman–Crippen LogP) is 4.03. The van der Waals surface area contributed by atoms with Gasteiger partial charge in [-0.15, -0.1) is 0 Å². The van der Waals surface area contributed by atoms with Gasteiger partial charge >= 0.3 is 0 Å². The molecule has 1 amide bonds. The summed E-state index contributed by atoms with van der Waals surface area (Å²) in [5, 5.41) is 7.57. The van der Waals surface area contributed by atoms with Crippen molar-refractivity contribution in [1.82, 2.24) is 10.6 Å². The molecule has 3 nitrogen and oxygen atoms in total. The number of benzene rings is 1. The maximum Gasteiger partial charge on any atom is 0.251 e. The molecule has 1 aliphatic rings. The van der Waals surface area contributed by atoms with E-state index in [9.17, 15) is 4.79 Å². The summed E-state index contributed by atoms with van der Waals surface area (Å²) in [6.07, 6.45) is 1.78. The molecule has 2 rings (SSSR count). The third kappa shape index (κ3) is 4.35. The number of hydrogen-bond acceptors (Lipinski definition) is 2. The molecule has 0 aromatic heterocycles. The number of amides is 1. The van der Waals surface area contributed by atoms with Crippen LogP contribution in [0.25, 0.3) is 0 Å². The molecule has 5 heteroatoms. The highest BCUT2D eigenvalue weighted by molar-refractivity contribution is 6.42. The largest absolute Gasteiger partial charge is 0.349 e. The Hall–Kier alpha value is -0.770. The maximum atomic E-state index is 12.4. The fraction of sp³-hybridized carbons (Fsp3) is 0.562.